The van der Waals surface area contributed by atoms with Gasteiger partial charge in [-0.05, 0) is 36.5 Å². The Kier molecular flexibility index (Phi) is 7.50. The average molecular weight is 294 g/mol. The summed E-state index contributed by atoms with van der Waals surface area (Å²) < 4.78 is 5.31. The highest BCUT2D eigenvalue weighted by molar-refractivity contribution is 5.79. The number of aliphatic hydroxyl groups is 2. The van der Waals surface area contributed by atoms with Crippen molar-refractivity contribution in [3.05, 3.63) is 42.0 Å². The third-order valence-corrected chi connectivity index (χ3v) is 3.15. The lowest BCUT2D eigenvalue weighted by Gasteiger charge is -2.19. The van der Waals surface area contributed by atoms with Crippen LogP contribution in [0.1, 0.15) is 31.4 Å². The van der Waals surface area contributed by atoms with E-state index in [-0.39, 0.29) is 19.1 Å². The molecule has 0 radical (unpaired) electrons. The minimum atomic E-state index is -0.961. The van der Waals surface area contributed by atoms with Crippen molar-refractivity contribution in [2.75, 3.05) is 13.2 Å². The van der Waals surface area contributed by atoms with Crippen LogP contribution in [0.15, 0.2) is 36.4 Å². The second-order valence-corrected chi connectivity index (χ2v) is 4.88. The van der Waals surface area contributed by atoms with E-state index < -0.39 is 12.1 Å². The Morgan fingerprint density at radius 2 is 2.19 bits per heavy atom. The molecule has 116 valence electrons. The summed E-state index contributed by atoms with van der Waals surface area (Å²) >= 11 is 0. The van der Waals surface area contributed by atoms with Crippen LogP contribution in [0.3, 0.4) is 0 Å². The van der Waals surface area contributed by atoms with E-state index in [4.69, 9.17) is 14.9 Å². The Morgan fingerprint density at radius 1 is 1.43 bits per heavy atom. The van der Waals surface area contributed by atoms with Gasteiger partial charge in [0, 0.05) is 6.08 Å². The largest absolute Gasteiger partial charge is 0.491 e. The van der Waals surface area contributed by atoms with Crippen LogP contribution in [0.4, 0.5) is 0 Å². The van der Waals surface area contributed by atoms with Gasteiger partial charge in [-0.3, -0.25) is 0 Å². The second kappa shape index (κ2) is 9.15. The Balaban J connectivity index is 2.56. The number of aliphatic hydroxyl groups excluding tert-OH is 2. The molecule has 0 aromatic heterocycles. The molecule has 0 bridgehead atoms. The molecule has 1 aromatic rings. The van der Waals surface area contributed by atoms with E-state index in [1.807, 2.05) is 13.0 Å². The minimum absolute atomic E-state index is 0.00321. The lowest BCUT2D eigenvalue weighted by atomic mass is 9.93. The predicted molar refractivity (Wildman–Crippen MR) is 79.2 cm³/mol. The van der Waals surface area contributed by atoms with Gasteiger partial charge < -0.3 is 20.1 Å². The van der Waals surface area contributed by atoms with Crippen LogP contribution in [0.5, 0.6) is 5.75 Å². The summed E-state index contributed by atoms with van der Waals surface area (Å²) in [5.41, 5.74) is 0.750. The number of hydrogen-bond acceptors (Lipinski definition) is 4. The lowest BCUT2D eigenvalue weighted by molar-refractivity contribution is -0.131. The smallest absolute Gasteiger partial charge is 0.327 e. The van der Waals surface area contributed by atoms with Crippen molar-refractivity contribution in [1.29, 1.82) is 0 Å². The molecule has 0 fully saturated rings. The number of ether oxygens (including phenoxy) is 1. The summed E-state index contributed by atoms with van der Waals surface area (Å²) in [6.07, 6.45) is 3.35. The zero-order chi connectivity index (χ0) is 15.7. The number of carbonyl (C=O) groups is 1. The van der Waals surface area contributed by atoms with Crippen LogP contribution in [0.25, 0.3) is 0 Å². The first-order valence-electron chi connectivity index (χ1n) is 6.95. The van der Waals surface area contributed by atoms with Gasteiger partial charge in [-0.1, -0.05) is 25.1 Å². The van der Waals surface area contributed by atoms with Gasteiger partial charge in [0.15, 0.2) is 0 Å². The van der Waals surface area contributed by atoms with Gasteiger partial charge in [0.05, 0.1) is 12.7 Å². The van der Waals surface area contributed by atoms with Crippen molar-refractivity contribution in [1.82, 2.24) is 0 Å². The average Bonchev–Trinajstić information content (AvgIpc) is 2.48. The number of aliphatic carboxylic acids is 1. The highest BCUT2D eigenvalue weighted by Gasteiger charge is 2.16. The molecule has 0 amide bonds. The van der Waals surface area contributed by atoms with Crippen molar-refractivity contribution in [3.63, 3.8) is 0 Å². The Hall–Kier alpha value is -1.85. The van der Waals surface area contributed by atoms with E-state index in [1.54, 1.807) is 24.3 Å². The van der Waals surface area contributed by atoms with Crippen molar-refractivity contribution in [3.8, 4) is 5.75 Å². The van der Waals surface area contributed by atoms with Crippen LogP contribution in [-0.2, 0) is 4.79 Å². The molecular formula is C16H22O5. The third-order valence-electron chi connectivity index (χ3n) is 3.15. The standard InChI is InChI=1S/C16H22O5/c1-12(5-2-3-8-15(18)19)16(20)13-6-4-7-14(11-13)21-10-9-17/h3-4,6-8,11-12,16-17,20H,2,5,9-10H2,1H3,(H,18,19)/b8-3+/t12-,16-/m1/s1. The number of carboxylic acid groups (broad SMARTS) is 1. The molecule has 0 spiro atoms. The van der Waals surface area contributed by atoms with Gasteiger partial charge >= 0.3 is 5.97 Å². The van der Waals surface area contributed by atoms with Crippen LogP contribution in [0.2, 0.25) is 0 Å². The molecule has 1 aromatic carbocycles. The molecule has 0 saturated carbocycles. The molecule has 0 saturated heterocycles. The number of hydrogen-bond donors (Lipinski definition) is 3. The lowest BCUT2D eigenvalue weighted by Crippen LogP contribution is -2.09. The van der Waals surface area contributed by atoms with E-state index in [1.165, 1.54) is 0 Å². The number of carboxylic acids is 1. The summed E-state index contributed by atoms with van der Waals surface area (Å²) in [5.74, 6) is -0.355. The molecular weight excluding hydrogens is 272 g/mol. The zero-order valence-electron chi connectivity index (χ0n) is 12.1. The van der Waals surface area contributed by atoms with E-state index >= 15 is 0 Å². The molecule has 5 heteroatoms. The molecule has 1 rings (SSSR count). The monoisotopic (exact) mass is 294 g/mol. The van der Waals surface area contributed by atoms with E-state index in [0.717, 1.165) is 11.6 Å². The highest BCUT2D eigenvalue weighted by Crippen LogP contribution is 2.27. The Labute approximate surface area is 124 Å². The summed E-state index contributed by atoms with van der Waals surface area (Å²) in [6, 6.07) is 7.14. The van der Waals surface area contributed by atoms with E-state index in [9.17, 15) is 9.90 Å². The van der Waals surface area contributed by atoms with Gasteiger partial charge in [-0.15, -0.1) is 0 Å². The maximum Gasteiger partial charge on any atom is 0.327 e. The van der Waals surface area contributed by atoms with Crippen molar-refractivity contribution in [2.45, 2.75) is 25.9 Å². The fourth-order valence-electron chi connectivity index (χ4n) is 1.98. The normalized spacial score (nSPS) is 14.0. The van der Waals surface area contributed by atoms with Crippen LogP contribution < -0.4 is 4.74 Å². The third kappa shape index (κ3) is 6.42. The van der Waals surface area contributed by atoms with E-state index in [0.29, 0.717) is 18.6 Å². The van der Waals surface area contributed by atoms with Gasteiger partial charge in [-0.25, -0.2) is 4.79 Å². The Morgan fingerprint density at radius 3 is 2.86 bits per heavy atom. The molecule has 0 aliphatic carbocycles. The van der Waals surface area contributed by atoms with Crippen molar-refractivity contribution in [2.24, 2.45) is 5.92 Å². The van der Waals surface area contributed by atoms with Crippen molar-refractivity contribution < 1.29 is 24.9 Å². The zero-order valence-corrected chi connectivity index (χ0v) is 12.1. The maximum atomic E-state index is 10.4. The predicted octanol–water partition coefficient (Wildman–Crippen LogP) is 2.15. The number of rotatable bonds is 9. The fraction of sp³-hybridized carbons (Fsp3) is 0.438. The summed E-state index contributed by atoms with van der Waals surface area (Å²) in [5, 5.41) is 27.5. The molecule has 2 atom stereocenters. The molecule has 0 unspecified atom stereocenters. The summed E-state index contributed by atoms with van der Waals surface area (Å²) in [7, 11) is 0. The molecule has 0 aliphatic rings. The molecule has 3 N–H and O–H groups in total. The molecule has 21 heavy (non-hydrogen) atoms. The van der Waals surface area contributed by atoms with Gasteiger partial charge in [0.25, 0.3) is 0 Å². The fourth-order valence-corrected chi connectivity index (χ4v) is 1.98. The van der Waals surface area contributed by atoms with Gasteiger partial charge in [-0.2, -0.15) is 0 Å². The molecule has 0 aliphatic heterocycles. The van der Waals surface area contributed by atoms with Crippen LogP contribution in [0, 0.1) is 5.92 Å². The molecule has 0 heterocycles. The summed E-state index contributed by atoms with van der Waals surface area (Å²) in [4.78, 5) is 10.4. The van der Waals surface area contributed by atoms with Crippen LogP contribution in [-0.4, -0.2) is 34.5 Å². The molecule has 5 nitrogen and oxygen atoms in total. The minimum Gasteiger partial charge on any atom is -0.491 e. The topological polar surface area (TPSA) is 87.0 Å². The van der Waals surface area contributed by atoms with Crippen LogP contribution >= 0.6 is 0 Å². The second-order valence-electron chi connectivity index (χ2n) is 4.88. The van der Waals surface area contributed by atoms with Gasteiger partial charge in [0.2, 0.25) is 0 Å². The van der Waals surface area contributed by atoms with Gasteiger partial charge in [0.1, 0.15) is 12.4 Å². The maximum absolute atomic E-state index is 10.4. The number of benzene rings is 1. The van der Waals surface area contributed by atoms with Crippen molar-refractivity contribution >= 4 is 5.97 Å². The first-order valence-corrected chi connectivity index (χ1v) is 6.95. The quantitative estimate of drug-likeness (QED) is 0.607. The first kappa shape index (κ1) is 17.2. The summed E-state index contributed by atoms with van der Waals surface area (Å²) in [6.45, 7) is 2.08. The number of allylic oxidation sites excluding steroid dienone is 1. The SMILES string of the molecule is C[C@H](CC/C=C/C(=O)O)[C@@H](O)c1cccc(OCCO)c1. The Bertz CT molecular complexity index is 469. The highest BCUT2D eigenvalue weighted by atomic mass is 16.5. The van der Waals surface area contributed by atoms with E-state index in [2.05, 4.69) is 0 Å². The first-order chi connectivity index (χ1) is 10.0.